The van der Waals surface area contributed by atoms with Crippen molar-refractivity contribution in [3.8, 4) is 0 Å². The fraction of sp³-hybridized carbons (Fsp3) is 0.182. The average molecular weight is 195 g/mol. The highest BCUT2D eigenvalue weighted by atomic mass is 19.1. The second-order valence-electron chi connectivity index (χ2n) is 2.89. The Kier molecular flexibility index (Phi) is 3.51. The van der Waals surface area contributed by atoms with Gasteiger partial charge in [-0.25, -0.2) is 9.38 Å². The second kappa shape index (κ2) is 4.65. The minimum atomic E-state index is -0.455. The number of halogens is 2. The molecule has 0 aromatic rings. The van der Waals surface area contributed by atoms with Crippen molar-refractivity contribution >= 4 is 5.97 Å². The molecule has 0 amide bonds. The predicted molar refractivity (Wildman–Crippen MR) is 54.4 cm³/mol. The number of aliphatic imine (C=N–C) groups is 1. The maximum Gasteiger partial charge on any atom is 0.189 e. The van der Waals surface area contributed by atoms with Crippen molar-refractivity contribution in [2.75, 3.05) is 0 Å². The molecular weight excluding hydrogens is 184 g/mol. The molecule has 0 radical (unpaired) electrons. The fourth-order valence-corrected chi connectivity index (χ4v) is 1.10. The van der Waals surface area contributed by atoms with Crippen LogP contribution in [0.4, 0.5) is 8.78 Å². The highest BCUT2D eigenvalue weighted by molar-refractivity contribution is 5.77. The Bertz CT molecular complexity index is 348. The van der Waals surface area contributed by atoms with Crippen molar-refractivity contribution in [2.45, 2.75) is 12.8 Å². The lowest BCUT2D eigenvalue weighted by Crippen LogP contribution is -1.99. The molecule has 3 heteroatoms. The van der Waals surface area contributed by atoms with Crippen molar-refractivity contribution in [3.05, 3.63) is 48.5 Å². The van der Waals surface area contributed by atoms with Gasteiger partial charge < -0.3 is 0 Å². The molecule has 1 aliphatic rings. The Hall–Kier alpha value is -1.51. The normalized spacial score (nSPS) is 17.1. The highest BCUT2D eigenvalue weighted by Crippen LogP contribution is 2.25. The van der Waals surface area contributed by atoms with Crippen LogP contribution >= 0.6 is 0 Å². The molecular formula is C11H11F2N. The van der Waals surface area contributed by atoms with Crippen molar-refractivity contribution in [1.29, 1.82) is 0 Å². The lowest BCUT2D eigenvalue weighted by molar-refractivity contribution is 0.650. The lowest BCUT2D eigenvalue weighted by Gasteiger charge is -2.10. The van der Waals surface area contributed by atoms with Crippen molar-refractivity contribution in [1.82, 2.24) is 0 Å². The maximum atomic E-state index is 13.2. The SMILES string of the molecule is C=C/C=C(/F)C(=C)C1=CN=C(F)CC1. The monoisotopic (exact) mass is 195 g/mol. The summed E-state index contributed by atoms with van der Waals surface area (Å²) < 4.78 is 25.7. The molecule has 0 aromatic carbocycles. The van der Waals surface area contributed by atoms with Crippen molar-refractivity contribution < 1.29 is 8.78 Å². The molecule has 1 heterocycles. The van der Waals surface area contributed by atoms with Crippen LogP contribution < -0.4 is 0 Å². The summed E-state index contributed by atoms with van der Waals surface area (Å²) in [7, 11) is 0. The predicted octanol–water partition coefficient (Wildman–Crippen LogP) is 3.63. The first kappa shape index (κ1) is 10.6. The zero-order valence-electron chi connectivity index (χ0n) is 7.76. The Morgan fingerprint density at radius 3 is 2.71 bits per heavy atom. The summed E-state index contributed by atoms with van der Waals surface area (Å²) in [5, 5.41) is 0. The summed E-state index contributed by atoms with van der Waals surface area (Å²) in [6, 6.07) is 0. The fourth-order valence-electron chi connectivity index (χ4n) is 1.10. The molecule has 0 unspecified atom stereocenters. The van der Waals surface area contributed by atoms with E-state index >= 15 is 0 Å². The molecule has 1 rings (SSSR count). The van der Waals surface area contributed by atoms with Crippen molar-refractivity contribution in [2.24, 2.45) is 4.99 Å². The zero-order valence-corrected chi connectivity index (χ0v) is 7.76. The number of allylic oxidation sites excluding steroid dienone is 5. The molecule has 0 spiro atoms. The van der Waals surface area contributed by atoms with Crippen LogP contribution in [0.3, 0.4) is 0 Å². The van der Waals surface area contributed by atoms with Gasteiger partial charge in [0.1, 0.15) is 5.83 Å². The van der Waals surface area contributed by atoms with Gasteiger partial charge in [0.25, 0.3) is 0 Å². The molecule has 1 nitrogen and oxygen atoms in total. The topological polar surface area (TPSA) is 12.4 Å². The third-order valence-corrected chi connectivity index (χ3v) is 1.90. The van der Waals surface area contributed by atoms with E-state index in [2.05, 4.69) is 18.2 Å². The largest absolute Gasteiger partial charge is 0.232 e. The van der Waals surface area contributed by atoms with Gasteiger partial charge in [0, 0.05) is 18.2 Å². The Balaban J connectivity index is 2.81. The highest BCUT2D eigenvalue weighted by Gasteiger charge is 2.12. The van der Waals surface area contributed by atoms with Gasteiger partial charge in [0.15, 0.2) is 5.97 Å². The quantitative estimate of drug-likeness (QED) is 0.610. The summed E-state index contributed by atoms with van der Waals surface area (Å²) in [5.74, 6) is -0.876. The average Bonchev–Trinajstić information content (AvgIpc) is 2.18. The summed E-state index contributed by atoms with van der Waals surface area (Å²) in [5.41, 5.74) is 0.878. The first-order valence-corrected chi connectivity index (χ1v) is 4.24. The molecule has 14 heavy (non-hydrogen) atoms. The molecule has 0 fully saturated rings. The van der Waals surface area contributed by atoms with E-state index in [-0.39, 0.29) is 12.0 Å². The van der Waals surface area contributed by atoms with Gasteiger partial charge in [0.2, 0.25) is 0 Å². The Morgan fingerprint density at radius 2 is 2.21 bits per heavy atom. The van der Waals surface area contributed by atoms with E-state index in [0.29, 0.717) is 12.0 Å². The van der Waals surface area contributed by atoms with Crippen LogP contribution in [-0.2, 0) is 0 Å². The smallest absolute Gasteiger partial charge is 0.189 e. The number of hydrogen-bond acceptors (Lipinski definition) is 1. The zero-order chi connectivity index (χ0) is 10.6. The van der Waals surface area contributed by atoms with Crippen LogP contribution in [0.25, 0.3) is 0 Å². The van der Waals surface area contributed by atoms with Crippen molar-refractivity contribution in [3.63, 3.8) is 0 Å². The molecule has 1 aliphatic heterocycles. The van der Waals surface area contributed by atoms with Gasteiger partial charge in [0.05, 0.1) is 0 Å². The summed E-state index contributed by atoms with van der Waals surface area (Å²) in [6.07, 6.45) is 4.53. The van der Waals surface area contributed by atoms with E-state index in [1.807, 2.05) is 0 Å². The standard InChI is InChI=1S/C11H11F2N/c1-3-4-10(12)8(2)9-5-6-11(13)14-7-9/h3-4,7H,1-2,5-6H2/b10-4+. The van der Waals surface area contributed by atoms with E-state index in [0.717, 1.165) is 0 Å². The molecule has 0 N–H and O–H groups in total. The van der Waals surface area contributed by atoms with Gasteiger partial charge >= 0.3 is 0 Å². The van der Waals surface area contributed by atoms with Gasteiger partial charge in [-0.1, -0.05) is 19.2 Å². The third kappa shape index (κ3) is 2.49. The molecule has 0 saturated carbocycles. The number of hydrogen-bond donors (Lipinski definition) is 0. The maximum absolute atomic E-state index is 13.2. The molecule has 0 aliphatic carbocycles. The van der Waals surface area contributed by atoms with Crippen LogP contribution in [0.5, 0.6) is 0 Å². The van der Waals surface area contributed by atoms with E-state index in [9.17, 15) is 8.78 Å². The number of rotatable bonds is 3. The van der Waals surface area contributed by atoms with Gasteiger partial charge in [-0.3, -0.25) is 0 Å². The molecule has 0 aromatic heterocycles. The van der Waals surface area contributed by atoms with E-state index < -0.39 is 11.8 Å². The van der Waals surface area contributed by atoms with Crippen LogP contribution in [0.15, 0.2) is 53.5 Å². The Labute approximate surface area is 81.9 Å². The summed E-state index contributed by atoms with van der Waals surface area (Å²) in [4.78, 5) is 3.48. The van der Waals surface area contributed by atoms with Gasteiger partial charge in [-0.15, -0.1) is 0 Å². The second-order valence-corrected chi connectivity index (χ2v) is 2.89. The minimum Gasteiger partial charge on any atom is -0.232 e. The minimum absolute atomic E-state index is 0.215. The third-order valence-electron chi connectivity index (χ3n) is 1.90. The molecule has 0 saturated heterocycles. The molecule has 0 bridgehead atoms. The van der Waals surface area contributed by atoms with Crippen LogP contribution in [0.2, 0.25) is 0 Å². The molecule has 0 atom stereocenters. The first-order valence-electron chi connectivity index (χ1n) is 4.24. The summed E-state index contributed by atoms with van der Waals surface area (Å²) in [6.45, 7) is 6.95. The summed E-state index contributed by atoms with van der Waals surface area (Å²) >= 11 is 0. The van der Waals surface area contributed by atoms with E-state index in [1.54, 1.807) is 0 Å². The van der Waals surface area contributed by atoms with Gasteiger partial charge in [-0.05, 0) is 18.1 Å². The van der Waals surface area contributed by atoms with Gasteiger partial charge in [-0.2, -0.15) is 4.39 Å². The van der Waals surface area contributed by atoms with Crippen LogP contribution in [0.1, 0.15) is 12.8 Å². The first-order chi connectivity index (χ1) is 6.65. The molecule has 74 valence electrons. The van der Waals surface area contributed by atoms with E-state index in [4.69, 9.17) is 0 Å². The lowest BCUT2D eigenvalue weighted by atomic mass is 10.0. The number of nitrogens with zero attached hydrogens (tertiary/aromatic N) is 1. The van der Waals surface area contributed by atoms with Crippen LogP contribution in [-0.4, -0.2) is 5.97 Å². The van der Waals surface area contributed by atoms with E-state index in [1.165, 1.54) is 18.4 Å². The van der Waals surface area contributed by atoms with Crippen LogP contribution in [0, 0.1) is 0 Å². The Morgan fingerprint density at radius 1 is 1.50 bits per heavy atom.